The molecule has 0 atom stereocenters. The molecule has 0 amide bonds. The van der Waals surface area contributed by atoms with Crippen molar-refractivity contribution in [3.8, 4) is 0 Å². The van der Waals surface area contributed by atoms with Crippen LogP contribution in [-0.4, -0.2) is 11.0 Å². The molecule has 0 heterocycles. The monoisotopic (exact) mass is 158 g/mol. The van der Waals surface area contributed by atoms with Crippen LogP contribution >= 0.6 is 0 Å². The van der Waals surface area contributed by atoms with E-state index in [9.17, 15) is 0 Å². The second-order valence-corrected chi connectivity index (χ2v) is 0. The second-order valence-electron chi connectivity index (χ2n) is 0. The Labute approximate surface area is 52.2 Å². The third-order valence-electron chi connectivity index (χ3n) is 0. The summed E-state index contributed by atoms with van der Waals surface area (Å²) < 4.78 is 0. The van der Waals surface area contributed by atoms with E-state index in [0.29, 0.717) is 0 Å². The van der Waals surface area contributed by atoms with E-state index in [0.717, 1.165) is 0 Å². The Balaban J connectivity index is 0. The minimum atomic E-state index is 0. The van der Waals surface area contributed by atoms with E-state index in [1.807, 2.05) is 0 Å². The van der Waals surface area contributed by atoms with Crippen molar-refractivity contribution in [2.24, 2.45) is 0 Å². The van der Waals surface area contributed by atoms with Gasteiger partial charge in [-0.15, -0.1) is 0 Å². The normalized spacial score (nSPS) is 0. The molecule has 0 nitrogen and oxygen atoms in total. The Kier molecular flexibility index (Phi) is 451. The first-order valence-electron chi connectivity index (χ1n) is 0. The summed E-state index contributed by atoms with van der Waals surface area (Å²) in [5.41, 5.74) is 0. The molecule has 4 heavy (non-hydrogen) atoms. The summed E-state index contributed by atoms with van der Waals surface area (Å²) in [7, 11) is 0. The van der Waals surface area contributed by atoms with Gasteiger partial charge in [0.25, 0.3) is 0 Å². The summed E-state index contributed by atoms with van der Waals surface area (Å²) in [6.07, 6.45) is 0. The van der Waals surface area contributed by atoms with Gasteiger partial charge in [0, 0.05) is 44.5 Å². The molecule has 0 aliphatic carbocycles. The van der Waals surface area contributed by atoms with Crippen molar-refractivity contribution in [1.82, 2.24) is 0 Å². The average Bonchev–Trinajstić information content (AvgIpc) is 0. The Morgan fingerprint density at radius 2 is 1.00 bits per heavy atom. The van der Waals surface area contributed by atoms with Gasteiger partial charge < -0.3 is 0 Å². The zero-order valence-electron chi connectivity index (χ0n) is 1.17. The van der Waals surface area contributed by atoms with Crippen molar-refractivity contribution in [1.29, 1.82) is 0 Å². The SMILES string of the molecule is C.[Fe].[Ni].[Si]. The molecule has 4 radical (unpaired) electrons. The quantitative estimate of drug-likeness (QED) is 0.444. The van der Waals surface area contributed by atoms with Crippen LogP contribution in [0, 0.1) is 0 Å². The standard InChI is InChI=1S/CH4.Fe.Ni.Si/h1H4;;;. The predicted molar refractivity (Wildman–Crippen MR) is 12.5 cm³/mol. The van der Waals surface area contributed by atoms with Crippen LogP contribution in [0.1, 0.15) is 7.43 Å². The van der Waals surface area contributed by atoms with Crippen LogP contribution in [0.2, 0.25) is 0 Å². The molecule has 0 aromatic rings. The van der Waals surface area contributed by atoms with Crippen molar-refractivity contribution < 1.29 is 33.6 Å². The van der Waals surface area contributed by atoms with Crippen molar-refractivity contribution in [2.75, 3.05) is 0 Å². The number of rotatable bonds is 0. The maximum Gasteiger partial charge on any atom is 0 e. The fourth-order valence-corrected chi connectivity index (χ4v) is 0. The van der Waals surface area contributed by atoms with E-state index in [4.69, 9.17) is 0 Å². The van der Waals surface area contributed by atoms with Crippen molar-refractivity contribution >= 4 is 11.0 Å². The van der Waals surface area contributed by atoms with E-state index in [2.05, 4.69) is 0 Å². The summed E-state index contributed by atoms with van der Waals surface area (Å²) in [6.45, 7) is 0. The first-order valence-corrected chi connectivity index (χ1v) is 0. The van der Waals surface area contributed by atoms with Crippen molar-refractivity contribution in [3.63, 3.8) is 0 Å². The topological polar surface area (TPSA) is 0 Å². The third kappa shape index (κ3) is 10.6. The van der Waals surface area contributed by atoms with Crippen LogP contribution in [0.5, 0.6) is 0 Å². The van der Waals surface area contributed by atoms with Crippen LogP contribution in [0.15, 0.2) is 0 Å². The van der Waals surface area contributed by atoms with E-state index < -0.39 is 0 Å². The van der Waals surface area contributed by atoms with E-state index >= 15 is 0 Å². The minimum Gasteiger partial charge on any atom is -0.0776 e. The van der Waals surface area contributed by atoms with E-state index in [-0.39, 0.29) is 52.0 Å². The summed E-state index contributed by atoms with van der Waals surface area (Å²) in [5, 5.41) is 0. The fraction of sp³-hybridized carbons (Fsp3) is 1.00. The molecule has 0 fully saturated rings. The molecule has 0 N–H and O–H groups in total. The Hall–Kier alpha value is 1.23. The molecule has 0 saturated carbocycles. The van der Waals surface area contributed by atoms with Gasteiger partial charge >= 0.3 is 0 Å². The fourth-order valence-electron chi connectivity index (χ4n) is 0. The molecule has 0 saturated heterocycles. The van der Waals surface area contributed by atoms with Gasteiger partial charge in [-0.1, -0.05) is 7.43 Å². The predicted octanol–water partition coefficient (Wildman–Crippen LogP) is 0.250. The van der Waals surface area contributed by atoms with Crippen LogP contribution < -0.4 is 0 Å². The van der Waals surface area contributed by atoms with Gasteiger partial charge in [-0.05, 0) is 0 Å². The van der Waals surface area contributed by atoms with Crippen LogP contribution in [0.4, 0.5) is 0 Å². The van der Waals surface area contributed by atoms with Gasteiger partial charge in [0.15, 0.2) is 0 Å². The van der Waals surface area contributed by atoms with Gasteiger partial charge in [-0.25, -0.2) is 0 Å². The zero-order valence-corrected chi connectivity index (χ0v) is 4.26. The largest absolute Gasteiger partial charge is 0.0776 e. The molecule has 0 spiro atoms. The van der Waals surface area contributed by atoms with Gasteiger partial charge in [0.1, 0.15) is 0 Å². The molecule has 0 aliphatic heterocycles. The summed E-state index contributed by atoms with van der Waals surface area (Å²) in [5.74, 6) is 0. The van der Waals surface area contributed by atoms with Gasteiger partial charge in [-0.3, -0.25) is 0 Å². The van der Waals surface area contributed by atoms with Crippen LogP contribution in [-0.2, 0) is 33.6 Å². The van der Waals surface area contributed by atoms with Crippen LogP contribution in [0.3, 0.4) is 0 Å². The minimum absolute atomic E-state index is 0. The summed E-state index contributed by atoms with van der Waals surface area (Å²) in [6, 6.07) is 0. The number of hydrogen-bond donors (Lipinski definition) is 0. The summed E-state index contributed by atoms with van der Waals surface area (Å²) >= 11 is 0. The van der Waals surface area contributed by atoms with Crippen molar-refractivity contribution in [3.05, 3.63) is 0 Å². The average molecular weight is 159 g/mol. The molecule has 30 valence electrons. The van der Waals surface area contributed by atoms with Crippen LogP contribution in [0.25, 0.3) is 0 Å². The molecular formula is CH4FeNiSi. The Bertz CT molecular complexity index is 8.00. The maximum atomic E-state index is 0. The molecule has 0 unspecified atom stereocenters. The van der Waals surface area contributed by atoms with E-state index in [1.165, 1.54) is 0 Å². The molecule has 0 aromatic heterocycles. The molecule has 3 heteroatoms. The molecule has 0 aliphatic rings. The van der Waals surface area contributed by atoms with Gasteiger partial charge in [0.05, 0.1) is 0 Å². The Morgan fingerprint density at radius 3 is 1.00 bits per heavy atom. The van der Waals surface area contributed by atoms with Gasteiger partial charge in [0.2, 0.25) is 0 Å². The third-order valence-corrected chi connectivity index (χ3v) is 0. The smallest absolute Gasteiger partial charge is 0 e. The zero-order chi connectivity index (χ0) is 0. The molecular weight excluding hydrogens is 155 g/mol. The molecule has 0 aromatic carbocycles. The van der Waals surface area contributed by atoms with Gasteiger partial charge in [-0.2, -0.15) is 0 Å². The first-order chi connectivity index (χ1) is 0. The maximum absolute atomic E-state index is 0. The summed E-state index contributed by atoms with van der Waals surface area (Å²) in [4.78, 5) is 0. The van der Waals surface area contributed by atoms with E-state index in [1.54, 1.807) is 0 Å². The molecule has 0 bridgehead atoms. The Morgan fingerprint density at radius 1 is 1.00 bits per heavy atom. The number of hydrogen-bond acceptors (Lipinski definition) is 0. The second kappa shape index (κ2) is 29.2. The molecule has 0 rings (SSSR count). The van der Waals surface area contributed by atoms with Crippen molar-refractivity contribution in [2.45, 2.75) is 7.43 Å². The first kappa shape index (κ1) is 61.9.